The summed E-state index contributed by atoms with van der Waals surface area (Å²) in [5.74, 6) is -0.0105. The minimum absolute atomic E-state index is 0.0298. The predicted octanol–water partition coefficient (Wildman–Crippen LogP) is 6.54. The number of para-hydroxylation sites is 1. The number of hydrogen-bond acceptors (Lipinski definition) is 4. The summed E-state index contributed by atoms with van der Waals surface area (Å²) < 4.78 is 0. The highest BCUT2D eigenvalue weighted by molar-refractivity contribution is 7.09. The van der Waals surface area contributed by atoms with Gasteiger partial charge in [0.05, 0.1) is 6.54 Å². The zero-order chi connectivity index (χ0) is 26.0. The van der Waals surface area contributed by atoms with E-state index in [9.17, 15) is 9.59 Å². The molecule has 3 amide bonds. The van der Waals surface area contributed by atoms with Crippen molar-refractivity contribution in [2.24, 2.45) is 0 Å². The summed E-state index contributed by atoms with van der Waals surface area (Å²) in [6, 6.07) is 29.8. The van der Waals surface area contributed by atoms with E-state index in [-0.39, 0.29) is 23.9 Å². The highest BCUT2D eigenvalue weighted by Crippen LogP contribution is 2.27. The molecule has 2 N–H and O–H groups in total. The molecule has 0 aliphatic carbocycles. The van der Waals surface area contributed by atoms with Crippen LogP contribution in [0.2, 0.25) is 0 Å². The maximum absolute atomic E-state index is 12.9. The predicted molar refractivity (Wildman–Crippen MR) is 150 cm³/mol. The van der Waals surface area contributed by atoms with Gasteiger partial charge in [-0.25, -0.2) is 9.78 Å². The number of hydrogen-bond donors (Lipinski definition) is 2. The number of urea groups is 1. The number of benzene rings is 3. The Morgan fingerprint density at radius 2 is 1.43 bits per heavy atom. The smallest absolute Gasteiger partial charge is 0.322 e. The van der Waals surface area contributed by atoms with Crippen molar-refractivity contribution in [3.8, 4) is 0 Å². The summed E-state index contributed by atoms with van der Waals surface area (Å²) >= 11 is 1.39. The quantitative estimate of drug-likeness (QED) is 0.253. The van der Waals surface area contributed by atoms with Crippen molar-refractivity contribution in [3.05, 3.63) is 118 Å². The van der Waals surface area contributed by atoms with Crippen molar-refractivity contribution in [2.45, 2.75) is 38.8 Å². The Morgan fingerprint density at radius 1 is 0.865 bits per heavy atom. The molecule has 0 saturated carbocycles. The van der Waals surface area contributed by atoms with Gasteiger partial charge in [-0.15, -0.1) is 11.3 Å². The number of anilines is 1. The number of carbonyl (C=O) groups excluding carboxylic acids is 2. The standard InChI is InChI=1S/C30H32N4O2S/c1-22(2)34(30(36)32-25-16-10-5-11-17-25)20-28-33-27(21-37-28)29(35)31-19-18-26(23-12-6-3-7-13-23)24-14-8-4-9-15-24/h3-17,21-22,26H,18-20H2,1-2H3,(H,31,35)(H,32,36). The monoisotopic (exact) mass is 512 g/mol. The molecule has 4 rings (SSSR count). The van der Waals surface area contributed by atoms with E-state index in [2.05, 4.69) is 39.9 Å². The second kappa shape index (κ2) is 12.8. The van der Waals surface area contributed by atoms with Gasteiger partial charge in [-0.05, 0) is 43.5 Å². The lowest BCUT2D eigenvalue weighted by molar-refractivity contribution is 0.0948. The van der Waals surface area contributed by atoms with Crippen LogP contribution < -0.4 is 10.6 Å². The molecule has 0 bridgehead atoms. The van der Waals surface area contributed by atoms with Crippen molar-refractivity contribution < 1.29 is 9.59 Å². The second-order valence-electron chi connectivity index (χ2n) is 9.06. The highest BCUT2D eigenvalue weighted by Gasteiger charge is 2.21. The molecular formula is C30H32N4O2S. The molecule has 0 spiro atoms. The number of rotatable bonds is 10. The van der Waals surface area contributed by atoms with Crippen LogP contribution in [0.5, 0.6) is 0 Å². The van der Waals surface area contributed by atoms with Gasteiger partial charge in [0.25, 0.3) is 5.91 Å². The summed E-state index contributed by atoms with van der Waals surface area (Å²) in [6.45, 7) is 4.78. The zero-order valence-electron chi connectivity index (χ0n) is 21.1. The SMILES string of the molecule is CC(C)N(Cc1nc(C(=O)NCCC(c2ccccc2)c2ccccc2)cs1)C(=O)Nc1ccccc1. The van der Waals surface area contributed by atoms with E-state index in [0.717, 1.165) is 12.1 Å². The first-order valence-electron chi connectivity index (χ1n) is 12.5. The van der Waals surface area contributed by atoms with Crippen molar-refractivity contribution >= 4 is 29.0 Å². The van der Waals surface area contributed by atoms with E-state index >= 15 is 0 Å². The third kappa shape index (κ3) is 7.27. The first-order valence-corrected chi connectivity index (χ1v) is 13.3. The van der Waals surface area contributed by atoms with Gasteiger partial charge in [-0.3, -0.25) is 4.79 Å². The Bertz CT molecular complexity index is 1240. The Labute approximate surface area is 222 Å². The summed E-state index contributed by atoms with van der Waals surface area (Å²) in [6.07, 6.45) is 0.775. The third-order valence-electron chi connectivity index (χ3n) is 6.12. The molecule has 190 valence electrons. The van der Waals surface area contributed by atoms with E-state index in [1.54, 1.807) is 10.3 Å². The fourth-order valence-corrected chi connectivity index (χ4v) is 4.93. The fourth-order valence-electron chi connectivity index (χ4n) is 4.16. The van der Waals surface area contributed by atoms with Crippen LogP contribution in [0.4, 0.5) is 10.5 Å². The molecule has 0 unspecified atom stereocenters. The molecule has 1 aromatic heterocycles. The molecule has 0 saturated heterocycles. The minimum atomic E-state index is -0.202. The molecule has 0 atom stereocenters. The Hall–Kier alpha value is -3.97. The molecule has 1 heterocycles. The maximum Gasteiger partial charge on any atom is 0.322 e. The van der Waals surface area contributed by atoms with E-state index in [0.29, 0.717) is 23.8 Å². The van der Waals surface area contributed by atoms with Gasteiger partial charge < -0.3 is 15.5 Å². The summed E-state index contributed by atoms with van der Waals surface area (Å²) in [4.78, 5) is 31.9. The first kappa shape index (κ1) is 26.1. The van der Waals surface area contributed by atoms with Crippen LogP contribution >= 0.6 is 11.3 Å². The van der Waals surface area contributed by atoms with Crippen LogP contribution in [-0.4, -0.2) is 34.4 Å². The number of thiazole rings is 1. The first-order chi connectivity index (χ1) is 18.0. The molecule has 4 aromatic rings. The number of amides is 3. The molecule has 6 nitrogen and oxygen atoms in total. The molecule has 0 aliphatic heterocycles. The van der Waals surface area contributed by atoms with Crippen molar-refractivity contribution in [1.82, 2.24) is 15.2 Å². The largest absolute Gasteiger partial charge is 0.351 e. The molecule has 0 radical (unpaired) electrons. The van der Waals surface area contributed by atoms with Gasteiger partial charge >= 0.3 is 6.03 Å². The van der Waals surface area contributed by atoms with Gasteiger partial charge in [0.1, 0.15) is 10.7 Å². The average Bonchev–Trinajstić information content (AvgIpc) is 3.40. The minimum Gasteiger partial charge on any atom is -0.351 e. The summed E-state index contributed by atoms with van der Waals surface area (Å²) in [7, 11) is 0. The van der Waals surface area contributed by atoms with Gasteiger partial charge in [0, 0.05) is 29.6 Å². The van der Waals surface area contributed by atoms with Gasteiger partial charge in [0.15, 0.2) is 0 Å². The molecular weight excluding hydrogens is 480 g/mol. The van der Waals surface area contributed by atoms with Crippen LogP contribution in [-0.2, 0) is 6.54 Å². The van der Waals surface area contributed by atoms with E-state index in [1.165, 1.54) is 22.5 Å². The van der Waals surface area contributed by atoms with Crippen molar-refractivity contribution in [1.29, 1.82) is 0 Å². The molecule has 0 aliphatic rings. The average molecular weight is 513 g/mol. The van der Waals surface area contributed by atoms with Crippen LogP contribution in [0, 0.1) is 0 Å². The zero-order valence-corrected chi connectivity index (χ0v) is 21.9. The van der Waals surface area contributed by atoms with E-state index in [4.69, 9.17) is 0 Å². The summed E-state index contributed by atoms with van der Waals surface area (Å²) in [5.41, 5.74) is 3.56. The van der Waals surface area contributed by atoms with Gasteiger partial charge in [0.2, 0.25) is 0 Å². The molecule has 0 fully saturated rings. The van der Waals surface area contributed by atoms with Crippen LogP contribution in [0.3, 0.4) is 0 Å². The van der Waals surface area contributed by atoms with Gasteiger partial charge in [-0.1, -0.05) is 78.9 Å². The molecule has 3 aromatic carbocycles. The third-order valence-corrected chi connectivity index (χ3v) is 6.96. The fraction of sp³-hybridized carbons (Fsp3) is 0.233. The normalized spacial score (nSPS) is 10.9. The lowest BCUT2D eigenvalue weighted by Crippen LogP contribution is -2.39. The van der Waals surface area contributed by atoms with Crippen LogP contribution in [0.15, 0.2) is 96.4 Å². The number of aromatic nitrogens is 1. The Kier molecular flexibility index (Phi) is 9.05. The summed E-state index contributed by atoms with van der Waals surface area (Å²) in [5, 5.41) is 8.42. The van der Waals surface area contributed by atoms with Crippen LogP contribution in [0.25, 0.3) is 0 Å². The molecule has 37 heavy (non-hydrogen) atoms. The van der Waals surface area contributed by atoms with E-state index < -0.39 is 0 Å². The van der Waals surface area contributed by atoms with Gasteiger partial charge in [-0.2, -0.15) is 0 Å². The van der Waals surface area contributed by atoms with Crippen LogP contribution in [0.1, 0.15) is 52.8 Å². The second-order valence-corrected chi connectivity index (χ2v) is 10.0. The number of carbonyl (C=O) groups is 2. The maximum atomic E-state index is 12.9. The number of nitrogens with one attached hydrogen (secondary N) is 2. The Morgan fingerprint density at radius 3 is 2.00 bits per heavy atom. The lowest BCUT2D eigenvalue weighted by atomic mass is 9.88. The van der Waals surface area contributed by atoms with E-state index in [1.807, 2.05) is 80.6 Å². The molecule has 7 heteroatoms. The highest BCUT2D eigenvalue weighted by atomic mass is 32.1. The van der Waals surface area contributed by atoms with Crippen molar-refractivity contribution in [2.75, 3.05) is 11.9 Å². The van der Waals surface area contributed by atoms with Crippen molar-refractivity contribution in [3.63, 3.8) is 0 Å². The topological polar surface area (TPSA) is 74.3 Å². The lowest BCUT2D eigenvalue weighted by Gasteiger charge is -2.26. The number of nitrogens with zero attached hydrogens (tertiary/aromatic N) is 2. The Balaban J connectivity index is 1.35.